The number of piperazine rings is 1. The number of aryl methyl sites for hydroxylation is 3. The molecule has 1 aliphatic rings. The molecule has 3 aromatic rings. The van der Waals surface area contributed by atoms with Crippen molar-refractivity contribution in [3.63, 3.8) is 0 Å². The first-order valence-corrected chi connectivity index (χ1v) is 10.8. The van der Waals surface area contributed by atoms with E-state index in [9.17, 15) is 9.59 Å². The van der Waals surface area contributed by atoms with Gasteiger partial charge in [0.2, 0.25) is 5.91 Å². The largest absolute Gasteiger partial charge is 0.367 e. The highest BCUT2D eigenvalue weighted by molar-refractivity contribution is 6.08. The molecule has 8 heteroatoms. The third-order valence-corrected chi connectivity index (χ3v) is 5.64. The number of rotatable bonds is 5. The number of anilines is 2. The minimum absolute atomic E-state index is 0.0637. The van der Waals surface area contributed by atoms with Gasteiger partial charge in [-0.15, -0.1) is 0 Å². The predicted molar refractivity (Wildman–Crippen MR) is 124 cm³/mol. The molecule has 0 radical (unpaired) electrons. The molecule has 3 heterocycles. The van der Waals surface area contributed by atoms with Crippen LogP contribution in [0, 0.1) is 20.8 Å². The molecule has 8 nitrogen and oxygen atoms in total. The maximum Gasteiger partial charge on any atom is 0.257 e. The molecule has 1 aliphatic heterocycles. The van der Waals surface area contributed by atoms with Gasteiger partial charge in [-0.2, -0.15) is 5.10 Å². The van der Waals surface area contributed by atoms with Gasteiger partial charge in [-0.25, -0.2) is 0 Å². The van der Waals surface area contributed by atoms with Gasteiger partial charge in [0.05, 0.1) is 23.1 Å². The highest BCUT2D eigenvalue weighted by Crippen LogP contribution is 2.23. The summed E-state index contributed by atoms with van der Waals surface area (Å²) in [6, 6.07) is 11.4. The minimum atomic E-state index is -0.170. The van der Waals surface area contributed by atoms with Crippen LogP contribution in [0.3, 0.4) is 0 Å². The Morgan fingerprint density at radius 3 is 2.44 bits per heavy atom. The number of carbonyl (C=O) groups excluding carboxylic acids is 2. The first-order valence-electron chi connectivity index (χ1n) is 10.8. The summed E-state index contributed by atoms with van der Waals surface area (Å²) >= 11 is 0. The lowest BCUT2D eigenvalue weighted by molar-refractivity contribution is -0.132. The zero-order valence-corrected chi connectivity index (χ0v) is 18.7. The number of aromatic nitrogens is 3. The van der Waals surface area contributed by atoms with Gasteiger partial charge in [0, 0.05) is 43.8 Å². The summed E-state index contributed by atoms with van der Waals surface area (Å²) in [7, 11) is 0. The van der Waals surface area contributed by atoms with Crippen molar-refractivity contribution in [1.82, 2.24) is 19.7 Å². The van der Waals surface area contributed by atoms with Crippen molar-refractivity contribution in [3.05, 3.63) is 71.3 Å². The number of hydrogen-bond acceptors (Lipinski definition) is 5. The highest BCUT2D eigenvalue weighted by Gasteiger charge is 2.24. The van der Waals surface area contributed by atoms with E-state index in [2.05, 4.69) is 20.3 Å². The fraction of sp³-hybridized carbons (Fsp3) is 0.333. The van der Waals surface area contributed by atoms with Gasteiger partial charge in [-0.1, -0.05) is 12.1 Å². The van der Waals surface area contributed by atoms with Crippen LogP contribution in [0.5, 0.6) is 0 Å². The van der Waals surface area contributed by atoms with Crippen LogP contribution in [0.1, 0.15) is 27.3 Å². The summed E-state index contributed by atoms with van der Waals surface area (Å²) in [5.41, 5.74) is 5.03. The first kappa shape index (κ1) is 21.5. The fourth-order valence-corrected chi connectivity index (χ4v) is 4.02. The van der Waals surface area contributed by atoms with E-state index in [1.165, 1.54) is 0 Å². The number of nitrogens with zero attached hydrogens (tertiary/aromatic N) is 5. The fourth-order valence-electron chi connectivity index (χ4n) is 4.02. The SMILES string of the molecule is Cc1cncc(NC(=O)c2ccccc2N2CCN(C(=O)Cn3nc(C)cc3C)CC2)c1. The van der Waals surface area contributed by atoms with E-state index in [0.29, 0.717) is 37.4 Å². The summed E-state index contributed by atoms with van der Waals surface area (Å²) in [6.45, 7) is 8.62. The third-order valence-electron chi connectivity index (χ3n) is 5.64. The van der Waals surface area contributed by atoms with E-state index < -0.39 is 0 Å². The van der Waals surface area contributed by atoms with Crippen molar-refractivity contribution in [3.8, 4) is 0 Å². The molecule has 1 saturated heterocycles. The second-order valence-corrected chi connectivity index (χ2v) is 8.17. The van der Waals surface area contributed by atoms with E-state index in [4.69, 9.17) is 0 Å². The van der Waals surface area contributed by atoms with Crippen LogP contribution in [-0.4, -0.2) is 57.7 Å². The van der Waals surface area contributed by atoms with Crippen LogP contribution in [0.25, 0.3) is 0 Å². The average molecular weight is 433 g/mol. The number of hydrogen-bond donors (Lipinski definition) is 1. The van der Waals surface area contributed by atoms with Crippen LogP contribution in [0.15, 0.2) is 48.8 Å². The van der Waals surface area contributed by atoms with Gasteiger partial charge < -0.3 is 15.1 Å². The molecule has 166 valence electrons. The number of carbonyl (C=O) groups is 2. The zero-order chi connectivity index (χ0) is 22.7. The molecule has 1 aromatic carbocycles. The van der Waals surface area contributed by atoms with Crippen molar-refractivity contribution in [2.45, 2.75) is 27.3 Å². The van der Waals surface area contributed by atoms with Crippen LogP contribution < -0.4 is 10.2 Å². The summed E-state index contributed by atoms with van der Waals surface area (Å²) in [5, 5.41) is 7.33. The van der Waals surface area contributed by atoms with Crippen LogP contribution >= 0.6 is 0 Å². The van der Waals surface area contributed by atoms with E-state index in [1.807, 2.05) is 62.1 Å². The van der Waals surface area contributed by atoms with E-state index >= 15 is 0 Å². The first-order chi connectivity index (χ1) is 15.4. The molecule has 1 N–H and O–H groups in total. The van der Waals surface area contributed by atoms with Crippen LogP contribution in [0.4, 0.5) is 11.4 Å². The summed E-state index contributed by atoms with van der Waals surface area (Å²) < 4.78 is 1.75. The second kappa shape index (κ2) is 9.21. The molecular weight excluding hydrogens is 404 g/mol. The monoisotopic (exact) mass is 432 g/mol. The van der Waals surface area contributed by atoms with Crippen LogP contribution in [0.2, 0.25) is 0 Å². The van der Waals surface area contributed by atoms with Crippen molar-refractivity contribution >= 4 is 23.2 Å². The Kier molecular flexibility index (Phi) is 6.20. The molecule has 4 rings (SSSR count). The molecule has 32 heavy (non-hydrogen) atoms. The summed E-state index contributed by atoms with van der Waals surface area (Å²) in [4.78, 5) is 33.9. The topological polar surface area (TPSA) is 83.4 Å². The van der Waals surface area contributed by atoms with Gasteiger partial charge >= 0.3 is 0 Å². The normalized spacial score (nSPS) is 13.8. The molecule has 0 aliphatic carbocycles. The molecule has 0 bridgehead atoms. The average Bonchev–Trinajstić information content (AvgIpc) is 3.10. The van der Waals surface area contributed by atoms with E-state index in [1.54, 1.807) is 17.1 Å². The highest BCUT2D eigenvalue weighted by atomic mass is 16.2. The molecule has 0 unspecified atom stereocenters. The van der Waals surface area contributed by atoms with Gasteiger partial charge in [0.15, 0.2) is 0 Å². The Labute approximate surface area is 187 Å². The lowest BCUT2D eigenvalue weighted by Crippen LogP contribution is -2.50. The van der Waals surface area contributed by atoms with Gasteiger partial charge in [0.25, 0.3) is 5.91 Å². The molecule has 2 aromatic heterocycles. The standard InChI is InChI=1S/C24H28N6O2/c1-17-12-20(15-25-14-17)26-24(32)21-6-4-5-7-22(21)28-8-10-29(11-9-28)23(31)16-30-19(3)13-18(2)27-30/h4-7,12-15H,8-11,16H2,1-3H3,(H,26,32). The third kappa shape index (κ3) is 4.80. The van der Waals surface area contributed by atoms with Crippen molar-refractivity contribution < 1.29 is 9.59 Å². The predicted octanol–water partition coefficient (Wildman–Crippen LogP) is 2.80. The Morgan fingerprint density at radius 2 is 1.75 bits per heavy atom. The van der Waals surface area contributed by atoms with Gasteiger partial charge in [-0.05, 0) is 50.6 Å². The Bertz CT molecular complexity index is 1130. The lowest BCUT2D eigenvalue weighted by atomic mass is 10.1. The van der Waals surface area contributed by atoms with Crippen molar-refractivity contribution in [2.75, 3.05) is 36.4 Å². The Balaban J connectivity index is 1.41. The quantitative estimate of drug-likeness (QED) is 0.670. The molecule has 1 fully saturated rings. The molecule has 0 saturated carbocycles. The van der Waals surface area contributed by atoms with Gasteiger partial charge in [-0.3, -0.25) is 19.3 Å². The minimum Gasteiger partial charge on any atom is -0.367 e. The van der Waals surface area contributed by atoms with Crippen LogP contribution in [-0.2, 0) is 11.3 Å². The van der Waals surface area contributed by atoms with E-state index in [-0.39, 0.29) is 18.4 Å². The number of nitrogens with one attached hydrogen (secondary N) is 1. The van der Waals surface area contributed by atoms with Crippen molar-refractivity contribution in [2.24, 2.45) is 0 Å². The second-order valence-electron chi connectivity index (χ2n) is 8.17. The summed E-state index contributed by atoms with van der Waals surface area (Å²) in [6.07, 6.45) is 3.39. The number of benzene rings is 1. The number of para-hydroxylation sites is 1. The summed E-state index contributed by atoms with van der Waals surface area (Å²) in [5.74, 6) is -0.107. The Hall–Kier alpha value is -3.68. The van der Waals surface area contributed by atoms with E-state index in [0.717, 1.165) is 22.6 Å². The van der Waals surface area contributed by atoms with Gasteiger partial charge in [0.1, 0.15) is 6.54 Å². The zero-order valence-electron chi connectivity index (χ0n) is 18.7. The smallest absolute Gasteiger partial charge is 0.257 e. The molecule has 0 spiro atoms. The molecule has 0 atom stereocenters. The number of amides is 2. The molecular formula is C24H28N6O2. The molecule has 2 amide bonds. The van der Waals surface area contributed by atoms with Crippen molar-refractivity contribution in [1.29, 1.82) is 0 Å². The number of pyridine rings is 1. The lowest BCUT2D eigenvalue weighted by Gasteiger charge is -2.37. The maximum atomic E-state index is 13.0. The maximum absolute atomic E-state index is 13.0. The Morgan fingerprint density at radius 1 is 1.00 bits per heavy atom.